The molecule has 1 aliphatic heterocycles. The summed E-state index contributed by atoms with van der Waals surface area (Å²) in [5, 5.41) is 9.87. The zero-order chi connectivity index (χ0) is 13.4. The second-order valence-corrected chi connectivity index (χ2v) is 5.29. The van der Waals surface area contributed by atoms with Crippen molar-refractivity contribution in [3.63, 3.8) is 0 Å². The third kappa shape index (κ3) is 5.94. The van der Waals surface area contributed by atoms with Crippen LogP contribution in [-0.4, -0.2) is 54.7 Å². The molecule has 4 heteroatoms. The van der Waals surface area contributed by atoms with Crippen LogP contribution in [0, 0.1) is 5.92 Å². The van der Waals surface area contributed by atoms with Gasteiger partial charge in [0.2, 0.25) is 0 Å². The van der Waals surface area contributed by atoms with Crippen molar-refractivity contribution < 1.29 is 14.6 Å². The van der Waals surface area contributed by atoms with Crippen LogP contribution in [0.1, 0.15) is 39.5 Å². The van der Waals surface area contributed by atoms with Crippen LogP contribution < -0.4 is 0 Å². The van der Waals surface area contributed by atoms with Gasteiger partial charge in [-0.3, -0.25) is 9.69 Å². The summed E-state index contributed by atoms with van der Waals surface area (Å²) in [6.07, 6.45) is 3.76. The van der Waals surface area contributed by atoms with Crippen LogP contribution >= 0.6 is 0 Å². The van der Waals surface area contributed by atoms with Crippen molar-refractivity contribution in [2.75, 3.05) is 32.8 Å². The van der Waals surface area contributed by atoms with Crippen molar-refractivity contribution in [2.45, 2.75) is 45.6 Å². The zero-order valence-corrected chi connectivity index (χ0v) is 11.7. The Morgan fingerprint density at radius 2 is 2.33 bits per heavy atom. The molecule has 4 nitrogen and oxygen atoms in total. The Labute approximate surface area is 110 Å². The van der Waals surface area contributed by atoms with Gasteiger partial charge in [-0.15, -0.1) is 0 Å². The molecule has 1 N–H and O–H groups in total. The number of β-amino-alcohol motifs (C(OH)–C–C–N with tert-alkyl or cyclic N) is 1. The van der Waals surface area contributed by atoms with Gasteiger partial charge in [-0.05, 0) is 32.7 Å². The van der Waals surface area contributed by atoms with Crippen LogP contribution in [0.2, 0.25) is 0 Å². The van der Waals surface area contributed by atoms with E-state index in [-0.39, 0.29) is 11.7 Å². The van der Waals surface area contributed by atoms with Crippen molar-refractivity contribution in [3.05, 3.63) is 0 Å². The normalized spacial score (nSPS) is 22.9. The highest BCUT2D eigenvalue weighted by molar-refractivity contribution is 5.78. The molecule has 0 saturated carbocycles. The van der Waals surface area contributed by atoms with Gasteiger partial charge in [0.1, 0.15) is 5.78 Å². The first-order valence-corrected chi connectivity index (χ1v) is 7.12. The monoisotopic (exact) mass is 257 g/mol. The van der Waals surface area contributed by atoms with E-state index >= 15 is 0 Å². The molecule has 1 rings (SSSR count). The highest BCUT2D eigenvalue weighted by atomic mass is 16.5. The van der Waals surface area contributed by atoms with Crippen LogP contribution in [-0.2, 0) is 9.53 Å². The van der Waals surface area contributed by atoms with Gasteiger partial charge in [0.15, 0.2) is 0 Å². The maximum atomic E-state index is 11.4. The number of likely N-dealkylation sites (tertiary alicyclic amines) is 1. The fourth-order valence-electron chi connectivity index (χ4n) is 2.37. The first kappa shape index (κ1) is 15.6. The Hall–Kier alpha value is -0.450. The van der Waals surface area contributed by atoms with Gasteiger partial charge in [-0.1, -0.05) is 13.3 Å². The lowest BCUT2D eigenvalue weighted by molar-refractivity contribution is -0.122. The number of ketones is 1. The molecule has 1 aliphatic rings. The summed E-state index contributed by atoms with van der Waals surface area (Å²) in [4.78, 5) is 13.5. The fraction of sp³-hybridized carbons (Fsp3) is 0.929. The maximum absolute atomic E-state index is 11.4. The number of aliphatic hydroxyl groups excluding tert-OH is 1. The number of hydrogen-bond donors (Lipinski definition) is 1. The minimum absolute atomic E-state index is 0.159. The van der Waals surface area contributed by atoms with Gasteiger partial charge in [0.05, 0.1) is 12.7 Å². The first-order chi connectivity index (χ1) is 8.63. The molecule has 18 heavy (non-hydrogen) atoms. The third-order valence-electron chi connectivity index (χ3n) is 3.50. The Kier molecular flexibility index (Phi) is 7.47. The van der Waals surface area contributed by atoms with E-state index < -0.39 is 6.10 Å². The highest BCUT2D eigenvalue weighted by Gasteiger charge is 2.24. The predicted octanol–water partition coefficient (Wildman–Crippen LogP) is 1.46. The van der Waals surface area contributed by atoms with E-state index in [0.29, 0.717) is 13.2 Å². The maximum Gasteiger partial charge on any atom is 0.134 e. The molecule has 106 valence electrons. The second-order valence-electron chi connectivity index (χ2n) is 5.29. The number of unbranched alkanes of at least 4 members (excludes halogenated alkanes) is 1. The molecular weight excluding hydrogens is 230 g/mol. The number of piperidine rings is 1. The Balaban J connectivity index is 2.18. The largest absolute Gasteiger partial charge is 0.389 e. The van der Waals surface area contributed by atoms with E-state index in [0.717, 1.165) is 45.4 Å². The fourth-order valence-corrected chi connectivity index (χ4v) is 2.37. The number of rotatable bonds is 8. The summed E-state index contributed by atoms with van der Waals surface area (Å²) >= 11 is 0. The SMILES string of the molecule is CCCCOCC(O)CN1CCCC(C(C)=O)C1. The molecule has 0 spiro atoms. The molecule has 1 fully saturated rings. The van der Waals surface area contributed by atoms with Gasteiger partial charge in [0.25, 0.3) is 0 Å². The molecule has 2 unspecified atom stereocenters. The predicted molar refractivity (Wildman–Crippen MR) is 71.6 cm³/mol. The minimum atomic E-state index is -0.437. The van der Waals surface area contributed by atoms with Gasteiger partial charge in [0, 0.05) is 25.6 Å². The topological polar surface area (TPSA) is 49.8 Å². The number of nitrogens with zero attached hydrogens (tertiary/aromatic N) is 1. The number of ether oxygens (including phenoxy) is 1. The number of aliphatic hydroxyl groups is 1. The third-order valence-corrected chi connectivity index (χ3v) is 3.50. The molecule has 1 saturated heterocycles. The summed E-state index contributed by atoms with van der Waals surface area (Å²) in [5.74, 6) is 0.431. The lowest BCUT2D eigenvalue weighted by atomic mass is 9.94. The summed E-state index contributed by atoms with van der Waals surface area (Å²) in [7, 11) is 0. The number of carbonyl (C=O) groups excluding carboxylic acids is 1. The van der Waals surface area contributed by atoms with E-state index in [1.807, 2.05) is 0 Å². The van der Waals surface area contributed by atoms with Crippen LogP contribution in [0.4, 0.5) is 0 Å². The lowest BCUT2D eigenvalue weighted by Crippen LogP contribution is -2.43. The Morgan fingerprint density at radius 1 is 1.56 bits per heavy atom. The molecule has 0 bridgehead atoms. The van der Waals surface area contributed by atoms with Gasteiger partial charge >= 0.3 is 0 Å². The standard InChI is InChI=1S/C14H27NO3/c1-3-4-8-18-11-14(17)10-15-7-5-6-13(9-15)12(2)16/h13-14,17H,3-11H2,1-2H3. The van der Waals surface area contributed by atoms with Crippen LogP contribution in [0.25, 0.3) is 0 Å². The molecule has 0 aromatic carbocycles. The van der Waals surface area contributed by atoms with Gasteiger partial charge < -0.3 is 9.84 Å². The van der Waals surface area contributed by atoms with Gasteiger partial charge in [-0.25, -0.2) is 0 Å². The second kappa shape index (κ2) is 8.62. The van der Waals surface area contributed by atoms with E-state index in [1.165, 1.54) is 0 Å². The Bertz CT molecular complexity index is 245. The molecular formula is C14H27NO3. The molecule has 1 heterocycles. The zero-order valence-electron chi connectivity index (χ0n) is 11.7. The quantitative estimate of drug-likeness (QED) is 0.669. The molecule has 0 aliphatic carbocycles. The molecule has 0 aromatic heterocycles. The Morgan fingerprint density at radius 3 is 3.00 bits per heavy atom. The van der Waals surface area contributed by atoms with E-state index in [9.17, 15) is 9.90 Å². The number of carbonyl (C=O) groups is 1. The summed E-state index contributed by atoms with van der Waals surface area (Å²) in [6.45, 7) is 7.31. The number of hydrogen-bond acceptors (Lipinski definition) is 4. The lowest BCUT2D eigenvalue weighted by Gasteiger charge is -2.32. The average molecular weight is 257 g/mol. The van der Waals surface area contributed by atoms with Crippen molar-refractivity contribution in [1.82, 2.24) is 4.90 Å². The molecule has 0 aromatic rings. The van der Waals surface area contributed by atoms with Crippen molar-refractivity contribution in [2.24, 2.45) is 5.92 Å². The highest BCUT2D eigenvalue weighted by Crippen LogP contribution is 2.17. The van der Waals surface area contributed by atoms with E-state index in [2.05, 4.69) is 11.8 Å². The summed E-state index contributed by atoms with van der Waals surface area (Å²) < 4.78 is 5.41. The minimum Gasteiger partial charge on any atom is -0.389 e. The van der Waals surface area contributed by atoms with Crippen molar-refractivity contribution >= 4 is 5.78 Å². The van der Waals surface area contributed by atoms with Crippen LogP contribution in [0.15, 0.2) is 0 Å². The first-order valence-electron chi connectivity index (χ1n) is 7.12. The average Bonchev–Trinajstić information content (AvgIpc) is 2.35. The smallest absolute Gasteiger partial charge is 0.134 e. The molecule has 0 amide bonds. The van der Waals surface area contributed by atoms with E-state index in [1.54, 1.807) is 6.92 Å². The molecule has 0 radical (unpaired) electrons. The summed E-state index contributed by atoms with van der Waals surface area (Å²) in [6, 6.07) is 0. The van der Waals surface area contributed by atoms with Gasteiger partial charge in [-0.2, -0.15) is 0 Å². The van der Waals surface area contributed by atoms with Crippen LogP contribution in [0.3, 0.4) is 0 Å². The molecule has 2 atom stereocenters. The number of Topliss-reactive ketones (excluding diaryl/α,β-unsaturated/α-hetero) is 1. The van der Waals surface area contributed by atoms with Crippen molar-refractivity contribution in [1.29, 1.82) is 0 Å². The summed E-state index contributed by atoms with van der Waals surface area (Å²) in [5.41, 5.74) is 0. The van der Waals surface area contributed by atoms with E-state index in [4.69, 9.17) is 4.74 Å². The van der Waals surface area contributed by atoms with Crippen LogP contribution in [0.5, 0.6) is 0 Å². The van der Waals surface area contributed by atoms with Crippen molar-refractivity contribution in [3.8, 4) is 0 Å².